The Morgan fingerprint density at radius 3 is 2.57 bits per heavy atom. The second-order valence-electron chi connectivity index (χ2n) is 5.83. The summed E-state index contributed by atoms with van der Waals surface area (Å²) in [4.78, 5) is 22.0. The molecule has 1 aromatic carbocycles. The average Bonchev–Trinajstić information content (AvgIpc) is 3.36. The molecule has 0 atom stereocenters. The van der Waals surface area contributed by atoms with Crippen LogP contribution in [0.4, 0.5) is 23.2 Å². The highest BCUT2D eigenvalue weighted by molar-refractivity contribution is 5.91. The van der Waals surface area contributed by atoms with E-state index >= 15 is 0 Å². The molecule has 0 saturated heterocycles. The third-order valence-electron chi connectivity index (χ3n) is 3.77. The maximum absolute atomic E-state index is 13.6. The smallest absolute Gasteiger partial charge is 0.306 e. The van der Waals surface area contributed by atoms with Crippen molar-refractivity contribution >= 4 is 11.6 Å². The van der Waals surface area contributed by atoms with Gasteiger partial charge in [-0.25, -0.2) is 8.78 Å². The molecule has 30 heavy (non-hydrogen) atoms. The van der Waals surface area contributed by atoms with Crippen LogP contribution in [0.2, 0.25) is 0 Å². The lowest BCUT2D eigenvalue weighted by atomic mass is 10.3. The lowest BCUT2D eigenvalue weighted by Crippen LogP contribution is -2.27. The molecule has 0 fully saturated rings. The van der Waals surface area contributed by atoms with Crippen LogP contribution in [0.15, 0.2) is 35.0 Å². The van der Waals surface area contributed by atoms with Crippen LogP contribution >= 0.6 is 0 Å². The lowest BCUT2D eigenvalue weighted by molar-refractivity contribution is -0.385. The number of halogens is 4. The number of nitrogens with zero attached hydrogens (tertiary/aromatic N) is 3. The number of hydrogen-bond donors (Lipinski definition) is 1. The molecular formula is C17H12F4N4O5. The summed E-state index contributed by atoms with van der Waals surface area (Å²) in [5.41, 5.74) is -0.192. The van der Waals surface area contributed by atoms with Crippen molar-refractivity contribution in [1.29, 1.82) is 0 Å². The van der Waals surface area contributed by atoms with E-state index in [9.17, 15) is 32.5 Å². The molecule has 13 heteroatoms. The summed E-state index contributed by atoms with van der Waals surface area (Å²) in [6, 6.07) is 2.58. The highest BCUT2D eigenvalue weighted by atomic mass is 19.2. The van der Waals surface area contributed by atoms with Gasteiger partial charge in [0, 0.05) is 12.6 Å². The van der Waals surface area contributed by atoms with Gasteiger partial charge in [-0.05, 0) is 12.1 Å². The molecule has 0 unspecified atom stereocenters. The van der Waals surface area contributed by atoms with Gasteiger partial charge in [0.15, 0.2) is 23.1 Å². The van der Waals surface area contributed by atoms with Gasteiger partial charge in [0.25, 0.3) is 5.91 Å². The summed E-state index contributed by atoms with van der Waals surface area (Å²) < 4.78 is 64.6. The standard InChI is InChI=1S/C17H12F4N4O5/c18-11-5-12(19)15(21)16(14(11)20)29-8-10-1-2-13(30-10)17(26)22-3-4-24-7-9(6-23-24)25(27)28/h1-2,5-7H,3-4,8H2,(H,22,26). The summed E-state index contributed by atoms with van der Waals surface area (Å²) >= 11 is 0. The number of nitrogens with one attached hydrogen (secondary N) is 1. The number of nitro groups is 1. The van der Waals surface area contributed by atoms with Gasteiger partial charge in [-0.1, -0.05) is 0 Å². The van der Waals surface area contributed by atoms with Crippen LogP contribution in [0.3, 0.4) is 0 Å². The Morgan fingerprint density at radius 1 is 1.23 bits per heavy atom. The van der Waals surface area contributed by atoms with Crippen molar-refractivity contribution in [1.82, 2.24) is 15.1 Å². The molecule has 0 aliphatic rings. The van der Waals surface area contributed by atoms with Gasteiger partial charge in [-0.15, -0.1) is 0 Å². The van der Waals surface area contributed by atoms with Gasteiger partial charge in [0.05, 0.1) is 11.5 Å². The summed E-state index contributed by atoms with van der Waals surface area (Å²) in [5, 5.41) is 16.8. The summed E-state index contributed by atoms with van der Waals surface area (Å²) in [5.74, 6) is -8.72. The normalized spacial score (nSPS) is 10.8. The third kappa shape index (κ3) is 4.56. The number of carbonyl (C=O) groups excluding carboxylic acids is 1. The van der Waals surface area contributed by atoms with Crippen molar-refractivity contribution in [2.75, 3.05) is 6.54 Å². The number of hydrogen-bond acceptors (Lipinski definition) is 6. The van der Waals surface area contributed by atoms with E-state index in [1.807, 2.05) is 0 Å². The molecule has 3 aromatic rings. The molecule has 0 spiro atoms. The van der Waals surface area contributed by atoms with E-state index in [1.54, 1.807) is 0 Å². The molecule has 3 rings (SSSR count). The fraction of sp³-hybridized carbons (Fsp3) is 0.176. The minimum Gasteiger partial charge on any atom is -0.479 e. The minimum absolute atomic E-state index is 0.0358. The Balaban J connectivity index is 1.54. The van der Waals surface area contributed by atoms with Gasteiger partial charge in [0.1, 0.15) is 24.8 Å². The molecule has 0 bridgehead atoms. The summed E-state index contributed by atoms with van der Waals surface area (Å²) in [6.07, 6.45) is 2.26. The molecule has 1 N–H and O–H groups in total. The van der Waals surface area contributed by atoms with E-state index in [1.165, 1.54) is 23.0 Å². The van der Waals surface area contributed by atoms with Crippen molar-refractivity contribution in [3.05, 3.63) is 75.5 Å². The van der Waals surface area contributed by atoms with Crippen LogP contribution in [0.5, 0.6) is 5.75 Å². The van der Waals surface area contributed by atoms with E-state index in [2.05, 4.69) is 10.4 Å². The number of amides is 1. The topological polar surface area (TPSA) is 112 Å². The van der Waals surface area contributed by atoms with Crippen molar-refractivity contribution in [2.45, 2.75) is 13.2 Å². The number of furan rings is 1. The predicted octanol–water partition coefficient (Wildman–Crippen LogP) is 2.95. The number of carbonyl (C=O) groups is 1. The van der Waals surface area contributed by atoms with Crippen LogP contribution in [0, 0.1) is 33.4 Å². The zero-order chi connectivity index (χ0) is 21.8. The molecule has 0 saturated carbocycles. The first-order chi connectivity index (χ1) is 14.3. The Hall–Kier alpha value is -3.90. The van der Waals surface area contributed by atoms with Gasteiger partial charge in [0.2, 0.25) is 11.6 Å². The first kappa shape index (κ1) is 20.8. The van der Waals surface area contributed by atoms with Crippen LogP contribution in [0.1, 0.15) is 16.3 Å². The van der Waals surface area contributed by atoms with Gasteiger partial charge in [-0.2, -0.15) is 13.9 Å². The monoisotopic (exact) mass is 428 g/mol. The zero-order valence-corrected chi connectivity index (χ0v) is 14.9. The second-order valence-corrected chi connectivity index (χ2v) is 5.83. The fourth-order valence-corrected chi connectivity index (χ4v) is 2.34. The summed E-state index contributed by atoms with van der Waals surface area (Å²) in [7, 11) is 0. The molecule has 1 amide bonds. The number of ether oxygens (including phenoxy) is 1. The Labute approximate surface area is 165 Å². The van der Waals surface area contributed by atoms with E-state index in [0.29, 0.717) is 0 Å². The van der Waals surface area contributed by atoms with Gasteiger partial charge in [-0.3, -0.25) is 19.6 Å². The average molecular weight is 428 g/mol. The van der Waals surface area contributed by atoms with E-state index in [0.717, 1.165) is 6.20 Å². The Morgan fingerprint density at radius 2 is 1.93 bits per heavy atom. The molecule has 0 radical (unpaired) electrons. The highest BCUT2D eigenvalue weighted by Gasteiger charge is 2.21. The molecule has 158 valence electrons. The SMILES string of the molecule is O=C(NCCn1cc([N+](=O)[O-])cn1)c1ccc(COc2c(F)c(F)cc(F)c2F)o1. The van der Waals surface area contributed by atoms with E-state index < -0.39 is 46.5 Å². The lowest BCUT2D eigenvalue weighted by Gasteiger charge is -2.08. The highest BCUT2D eigenvalue weighted by Crippen LogP contribution is 2.27. The van der Waals surface area contributed by atoms with Crippen molar-refractivity contribution < 1.29 is 36.4 Å². The zero-order valence-electron chi connectivity index (χ0n) is 14.9. The van der Waals surface area contributed by atoms with Crippen LogP contribution in [-0.2, 0) is 13.2 Å². The molecule has 0 aliphatic heterocycles. The summed E-state index contributed by atoms with van der Waals surface area (Å²) in [6.45, 7) is -0.371. The number of aromatic nitrogens is 2. The number of rotatable bonds is 8. The van der Waals surface area contributed by atoms with Crippen LogP contribution in [-0.4, -0.2) is 27.2 Å². The van der Waals surface area contributed by atoms with Crippen molar-refractivity contribution in [3.8, 4) is 5.75 Å². The molecule has 2 aromatic heterocycles. The predicted molar refractivity (Wildman–Crippen MR) is 90.5 cm³/mol. The van der Waals surface area contributed by atoms with Crippen molar-refractivity contribution in [3.63, 3.8) is 0 Å². The first-order valence-electron chi connectivity index (χ1n) is 8.25. The largest absolute Gasteiger partial charge is 0.479 e. The van der Waals surface area contributed by atoms with Gasteiger partial charge >= 0.3 is 5.69 Å². The molecule has 0 aliphatic carbocycles. The quantitative estimate of drug-likeness (QED) is 0.256. The van der Waals surface area contributed by atoms with Crippen molar-refractivity contribution in [2.24, 2.45) is 0 Å². The van der Waals surface area contributed by atoms with E-state index in [-0.39, 0.29) is 36.4 Å². The second kappa shape index (κ2) is 8.63. The van der Waals surface area contributed by atoms with Crippen LogP contribution < -0.4 is 10.1 Å². The third-order valence-corrected chi connectivity index (χ3v) is 3.77. The Bertz CT molecular complexity index is 1070. The first-order valence-corrected chi connectivity index (χ1v) is 8.25. The fourth-order valence-electron chi connectivity index (χ4n) is 2.34. The molecular weight excluding hydrogens is 416 g/mol. The molecule has 9 nitrogen and oxygen atoms in total. The molecule has 2 heterocycles. The van der Waals surface area contributed by atoms with Crippen LogP contribution in [0.25, 0.3) is 0 Å². The minimum atomic E-state index is -1.70. The maximum Gasteiger partial charge on any atom is 0.306 e. The maximum atomic E-state index is 13.6. The van der Waals surface area contributed by atoms with Gasteiger partial charge < -0.3 is 14.5 Å². The van der Waals surface area contributed by atoms with E-state index in [4.69, 9.17) is 9.15 Å². The Kier molecular flexibility index (Phi) is 5.99. The number of benzene rings is 1.